The van der Waals surface area contributed by atoms with E-state index in [1.807, 2.05) is 0 Å². The predicted octanol–water partition coefficient (Wildman–Crippen LogP) is 0.0573. The van der Waals surface area contributed by atoms with Crippen LogP contribution < -0.4 is 11.1 Å². The van der Waals surface area contributed by atoms with Gasteiger partial charge in [0.2, 0.25) is 5.91 Å². The zero-order valence-corrected chi connectivity index (χ0v) is 11.5. The molecule has 2 heterocycles. The average Bonchev–Trinajstić information content (AvgIpc) is 2.84. The van der Waals surface area contributed by atoms with Gasteiger partial charge in [-0.05, 0) is 12.5 Å². The van der Waals surface area contributed by atoms with Crippen LogP contribution in [0.25, 0.3) is 0 Å². The number of rotatable bonds is 5. The fourth-order valence-electron chi connectivity index (χ4n) is 1.99. The van der Waals surface area contributed by atoms with Crippen LogP contribution in [0.3, 0.4) is 0 Å². The Morgan fingerprint density at radius 2 is 2.40 bits per heavy atom. The lowest BCUT2D eigenvalue weighted by Gasteiger charge is -2.31. The van der Waals surface area contributed by atoms with Gasteiger partial charge in [-0.3, -0.25) is 9.59 Å². The largest absolute Gasteiger partial charge is 0.379 e. The molecule has 1 aliphatic rings. The van der Waals surface area contributed by atoms with Gasteiger partial charge in [0.25, 0.3) is 5.91 Å². The number of hydrogen-bond donors (Lipinski definition) is 3. The monoisotopic (exact) mass is 301 g/mol. The van der Waals surface area contributed by atoms with Gasteiger partial charge in [-0.1, -0.05) is 11.6 Å². The van der Waals surface area contributed by atoms with E-state index in [-0.39, 0.29) is 24.7 Å². The summed E-state index contributed by atoms with van der Waals surface area (Å²) in [6.07, 6.45) is 1.81. The molecule has 0 unspecified atom stereocenters. The Hall–Kier alpha value is -1.57. The number of hydrogen-bond acceptors (Lipinski definition) is 4. The third kappa shape index (κ3) is 3.96. The third-order valence-corrected chi connectivity index (χ3v) is 3.16. The minimum Gasteiger partial charge on any atom is -0.379 e. The topological polar surface area (TPSA) is 106 Å². The van der Waals surface area contributed by atoms with Crippen molar-refractivity contribution in [1.29, 1.82) is 0 Å². The van der Waals surface area contributed by atoms with Gasteiger partial charge in [0.05, 0.1) is 23.8 Å². The van der Waals surface area contributed by atoms with Gasteiger partial charge in [0.15, 0.2) is 0 Å². The molecule has 4 N–H and O–H groups in total. The first kappa shape index (κ1) is 14.8. The molecule has 2 rings (SSSR count). The van der Waals surface area contributed by atoms with Crippen LogP contribution in [0.15, 0.2) is 12.3 Å². The lowest BCUT2D eigenvalue weighted by Crippen LogP contribution is -2.51. The molecule has 1 aromatic rings. The van der Waals surface area contributed by atoms with Crippen LogP contribution in [0.4, 0.5) is 0 Å². The van der Waals surface area contributed by atoms with Crippen LogP contribution in [-0.4, -0.2) is 48.8 Å². The lowest BCUT2D eigenvalue weighted by molar-refractivity contribution is -0.128. The van der Waals surface area contributed by atoms with Gasteiger partial charge in [-0.2, -0.15) is 0 Å². The number of aromatic nitrogens is 1. The molecule has 7 nitrogen and oxygen atoms in total. The summed E-state index contributed by atoms with van der Waals surface area (Å²) >= 11 is 5.75. The smallest absolute Gasteiger partial charge is 0.268 e. The maximum absolute atomic E-state index is 12.0. The summed E-state index contributed by atoms with van der Waals surface area (Å²) in [6.45, 7) is 0.666. The summed E-state index contributed by atoms with van der Waals surface area (Å²) in [5.74, 6) is -0.849. The summed E-state index contributed by atoms with van der Waals surface area (Å²) in [4.78, 5) is 25.5. The average molecular weight is 302 g/mol. The number of ether oxygens (including phenoxy) is 2. The molecule has 8 heteroatoms. The molecule has 1 aromatic heterocycles. The Balaban J connectivity index is 1.94. The van der Waals surface area contributed by atoms with E-state index in [1.54, 1.807) is 0 Å². The fraction of sp³-hybridized carbons (Fsp3) is 0.500. The molecule has 110 valence electrons. The van der Waals surface area contributed by atoms with Crippen molar-refractivity contribution in [2.24, 2.45) is 5.73 Å². The van der Waals surface area contributed by atoms with Crippen molar-refractivity contribution in [1.82, 2.24) is 10.3 Å². The molecule has 0 aromatic carbocycles. The number of H-pyrrole nitrogens is 1. The lowest BCUT2D eigenvalue weighted by atomic mass is 10.1. The Labute approximate surface area is 120 Å². The number of nitrogens with one attached hydrogen (secondary N) is 2. The number of carbonyl (C=O) groups is 2. The molecule has 1 fully saturated rings. The highest BCUT2D eigenvalue weighted by molar-refractivity contribution is 6.30. The zero-order chi connectivity index (χ0) is 14.5. The van der Waals surface area contributed by atoms with Crippen molar-refractivity contribution in [3.63, 3.8) is 0 Å². The molecular weight excluding hydrogens is 286 g/mol. The van der Waals surface area contributed by atoms with Crippen molar-refractivity contribution in [3.8, 4) is 0 Å². The second-order valence-corrected chi connectivity index (χ2v) is 4.93. The first-order chi connectivity index (χ1) is 9.56. The van der Waals surface area contributed by atoms with E-state index in [9.17, 15) is 9.59 Å². The first-order valence-electron chi connectivity index (χ1n) is 6.18. The van der Waals surface area contributed by atoms with E-state index in [1.165, 1.54) is 12.3 Å². The number of carbonyl (C=O) groups excluding carboxylic acids is 2. The van der Waals surface area contributed by atoms with Crippen molar-refractivity contribution in [2.75, 3.05) is 19.8 Å². The van der Waals surface area contributed by atoms with E-state index in [0.717, 1.165) is 0 Å². The van der Waals surface area contributed by atoms with E-state index < -0.39 is 5.91 Å². The maximum atomic E-state index is 12.0. The third-order valence-electron chi connectivity index (χ3n) is 2.94. The summed E-state index contributed by atoms with van der Waals surface area (Å²) in [5, 5.41) is 3.25. The predicted molar refractivity (Wildman–Crippen MR) is 71.4 cm³/mol. The Kier molecular flexibility index (Phi) is 4.99. The molecule has 20 heavy (non-hydrogen) atoms. The second-order valence-electron chi connectivity index (χ2n) is 4.49. The molecule has 1 aliphatic heterocycles. The Morgan fingerprint density at radius 1 is 1.60 bits per heavy atom. The van der Waals surface area contributed by atoms with Gasteiger partial charge in [0.1, 0.15) is 12.3 Å². The number of halogens is 1. The number of nitrogens with two attached hydrogens (primary N) is 1. The minimum absolute atomic E-state index is 0.175. The van der Waals surface area contributed by atoms with Crippen LogP contribution in [0, 0.1) is 0 Å². The molecule has 0 aliphatic carbocycles. The van der Waals surface area contributed by atoms with E-state index in [4.69, 9.17) is 26.8 Å². The number of amides is 2. The first-order valence-corrected chi connectivity index (χ1v) is 6.56. The minimum atomic E-state index is -0.544. The van der Waals surface area contributed by atoms with Gasteiger partial charge >= 0.3 is 0 Å². The highest BCUT2D eigenvalue weighted by Gasteiger charge is 2.28. The summed E-state index contributed by atoms with van der Waals surface area (Å²) in [7, 11) is 0. The van der Waals surface area contributed by atoms with Gasteiger partial charge in [0, 0.05) is 12.8 Å². The Bertz CT molecular complexity index is 491. The van der Waals surface area contributed by atoms with Crippen LogP contribution in [-0.2, 0) is 14.3 Å². The standard InChI is InChI=1S/C12H16ClN3O4/c13-7-3-8(15-4-7)12(18)16-9-5-19-2-1-10(9)20-6-11(14)17/h3-4,9-10,15H,1-2,5-6H2,(H2,14,17)(H,16,18)/t9-,10+/m1/s1. The number of aromatic amines is 1. The van der Waals surface area contributed by atoms with Gasteiger partial charge < -0.3 is 25.5 Å². The molecule has 2 amide bonds. The van der Waals surface area contributed by atoms with Gasteiger partial charge in [-0.25, -0.2) is 0 Å². The SMILES string of the molecule is NC(=O)CO[C@H]1CCOC[C@H]1NC(=O)c1cc(Cl)c[nH]1. The quantitative estimate of drug-likeness (QED) is 0.714. The van der Waals surface area contributed by atoms with Crippen LogP contribution in [0.1, 0.15) is 16.9 Å². The van der Waals surface area contributed by atoms with Crippen molar-refractivity contribution in [3.05, 3.63) is 23.0 Å². The van der Waals surface area contributed by atoms with Crippen LogP contribution in [0.2, 0.25) is 5.02 Å². The van der Waals surface area contributed by atoms with Crippen LogP contribution >= 0.6 is 11.6 Å². The zero-order valence-electron chi connectivity index (χ0n) is 10.7. The molecule has 1 saturated heterocycles. The fourth-order valence-corrected chi connectivity index (χ4v) is 2.15. The van der Waals surface area contributed by atoms with Gasteiger partial charge in [-0.15, -0.1) is 0 Å². The van der Waals surface area contributed by atoms with Crippen LogP contribution in [0.5, 0.6) is 0 Å². The molecule has 2 atom stereocenters. The van der Waals surface area contributed by atoms with Crippen molar-refractivity contribution in [2.45, 2.75) is 18.6 Å². The molecule has 0 bridgehead atoms. The van der Waals surface area contributed by atoms with E-state index in [0.29, 0.717) is 30.4 Å². The second kappa shape index (κ2) is 6.74. The number of primary amides is 1. The maximum Gasteiger partial charge on any atom is 0.268 e. The summed E-state index contributed by atoms with van der Waals surface area (Å²) in [6, 6.07) is 1.19. The summed E-state index contributed by atoms with van der Waals surface area (Å²) < 4.78 is 10.7. The van der Waals surface area contributed by atoms with E-state index in [2.05, 4.69) is 10.3 Å². The highest BCUT2D eigenvalue weighted by atomic mass is 35.5. The normalized spacial score (nSPS) is 22.4. The molecular formula is C12H16ClN3O4. The van der Waals surface area contributed by atoms with Crippen molar-refractivity contribution >= 4 is 23.4 Å². The molecule has 0 radical (unpaired) electrons. The summed E-state index contributed by atoms with van der Waals surface area (Å²) in [5.41, 5.74) is 5.40. The highest BCUT2D eigenvalue weighted by Crippen LogP contribution is 2.14. The molecule has 0 saturated carbocycles. The van der Waals surface area contributed by atoms with E-state index >= 15 is 0 Å². The molecule has 0 spiro atoms. The Morgan fingerprint density at radius 3 is 3.05 bits per heavy atom. The van der Waals surface area contributed by atoms with Crippen molar-refractivity contribution < 1.29 is 19.1 Å².